The van der Waals surface area contributed by atoms with Crippen molar-refractivity contribution in [3.8, 4) is 0 Å². The number of hydrogen-bond donors (Lipinski definition) is 1. The van der Waals surface area contributed by atoms with Crippen LogP contribution >= 0.6 is 11.6 Å². The Labute approximate surface area is 129 Å². The van der Waals surface area contributed by atoms with Crippen molar-refractivity contribution >= 4 is 21.6 Å². The first-order chi connectivity index (χ1) is 9.86. The van der Waals surface area contributed by atoms with Gasteiger partial charge in [0.2, 0.25) is 10.0 Å². The predicted octanol–water partition coefficient (Wildman–Crippen LogP) is 2.54. The number of hydrogen-bond acceptors (Lipinski definition) is 3. The maximum Gasteiger partial charge on any atom is 0.243 e. The third kappa shape index (κ3) is 3.83. The summed E-state index contributed by atoms with van der Waals surface area (Å²) in [5.74, 6) is -0.725. The number of nitrogens with one attached hydrogen (secondary N) is 1. The van der Waals surface area contributed by atoms with Crippen molar-refractivity contribution in [1.29, 1.82) is 0 Å². The maximum atomic E-state index is 13.9. The molecule has 0 saturated heterocycles. The average molecular weight is 333 g/mol. The van der Waals surface area contributed by atoms with Gasteiger partial charge in [0.25, 0.3) is 0 Å². The number of benzene rings is 1. The summed E-state index contributed by atoms with van der Waals surface area (Å²) in [6.45, 7) is 4.01. The largest absolute Gasteiger partial charge is 0.310 e. The van der Waals surface area contributed by atoms with E-state index in [0.717, 1.165) is 23.2 Å². The minimum absolute atomic E-state index is 0.0338. The lowest BCUT2D eigenvalue weighted by atomic mass is 10.2. The Hall–Kier alpha value is -0.950. The lowest BCUT2D eigenvalue weighted by Gasteiger charge is -2.17. The fourth-order valence-corrected chi connectivity index (χ4v) is 3.28. The van der Waals surface area contributed by atoms with Crippen LogP contribution in [0.2, 0.25) is 5.02 Å². The fraction of sp³-hybridized carbons (Fsp3) is 0.429. The highest BCUT2D eigenvalue weighted by Gasteiger charge is 2.24. The van der Waals surface area contributed by atoms with Crippen molar-refractivity contribution in [3.63, 3.8) is 0 Å². The molecule has 0 heterocycles. The van der Waals surface area contributed by atoms with Crippen molar-refractivity contribution in [2.45, 2.75) is 30.3 Å². The second-order valence-corrected chi connectivity index (χ2v) is 7.53. The Morgan fingerprint density at radius 1 is 1.52 bits per heavy atom. The number of likely N-dealkylation sites (N-methyl/N-ethyl adjacent to an activating group) is 1. The van der Waals surface area contributed by atoms with Gasteiger partial charge in [0.1, 0.15) is 5.82 Å². The first-order valence-electron chi connectivity index (χ1n) is 6.64. The van der Waals surface area contributed by atoms with E-state index in [0.29, 0.717) is 18.2 Å². The molecule has 1 N–H and O–H groups in total. The number of halogens is 2. The van der Waals surface area contributed by atoms with Crippen molar-refractivity contribution in [2.24, 2.45) is 0 Å². The molecule has 0 spiro atoms. The molecule has 0 radical (unpaired) electrons. The molecule has 1 aliphatic rings. The second kappa shape index (κ2) is 6.44. The fourth-order valence-electron chi connectivity index (χ4n) is 1.90. The van der Waals surface area contributed by atoms with Crippen LogP contribution in [0.4, 0.5) is 4.39 Å². The Bertz CT molecular complexity index is 645. The average Bonchev–Trinajstić information content (AvgIpc) is 3.24. The molecule has 0 aliphatic heterocycles. The molecule has 0 bridgehead atoms. The highest BCUT2D eigenvalue weighted by molar-refractivity contribution is 7.89. The molecule has 21 heavy (non-hydrogen) atoms. The highest BCUT2D eigenvalue weighted by atomic mass is 35.5. The van der Waals surface area contributed by atoms with Gasteiger partial charge in [-0.3, -0.25) is 0 Å². The summed E-state index contributed by atoms with van der Waals surface area (Å²) in [6, 6.07) is 2.81. The van der Waals surface area contributed by atoms with Crippen LogP contribution in [-0.2, 0) is 16.6 Å². The molecule has 7 heteroatoms. The summed E-state index contributed by atoms with van der Waals surface area (Å²) in [6.07, 6.45) is 3.64. The second-order valence-electron chi connectivity index (χ2n) is 5.11. The standard InChI is InChI=1S/C14H18ClFN2O2S/c1-3-6-18(2)21(19,20)12-7-10(9-17-11-4-5-11)14(15)13(16)8-12/h3,7-8,11,17H,1,4-6,9H2,2H3. The number of rotatable bonds is 7. The minimum atomic E-state index is -3.75. The predicted molar refractivity (Wildman–Crippen MR) is 81.3 cm³/mol. The first-order valence-corrected chi connectivity index (χ1v) is 8.46. The zero-order valence-corrected chi connectivity index (χ0v) is 13.3. The van der Waals surface area contributed by atoms with E-state index in [4.69, 9.17) is 11.6 Å². The normalized spacial score (nSPS) is 15.4. The molecule has 116 valence electrons. The molecule has 2 rings (SSSR count). The van der Waals surface area contributed by atoms with Crippen molar-refractivity contribution < 1.29 is 12.8 Å². The summed E-state index contributed by atoms with van der Waals surface area (Å²) in [7, 11) is -2.33. The molecular weight excluding hydrogens is 315 g/mol. The van der Waals surface area contributed by atoms with Crippen molar-refractivity contribution in [2.75, 3.05) is 13.6 Å². The van der Waals surface area contributed by atoms with Crippen molar-refractivity contribution in [3.05, 3.63) is 41.2 Å². The summed E-state index contributed by atoms with van der Waals surface area (Å²) in [5.41, 5.74) is 0.453. The van der Waals surface area contributed by atoms with Gasteiger partial charge in [0, 0.05) is 26.2 Å². The van der Waals surface area contributed by atoms with E-state index in [2.05, 4.69) is 11.9 Å². The third-order valence-corrected chi connectivity index (χ3v) is 5.55. The van der Waals surface area contributed by atoms with E-state index in [1.165, 1.54) is 19.2 Å². The van der Waals surface area contributed by atoms with Crippen LogP contribution in [0.5, 0.6) is 0 Å². The molecule has 4 nitrogen and oxygen atoms in total. The number of sulfonamides is 1. The van der Waals surface area contributed by atoms with Crippen LogP contribution < -0.4 is 5.32 Å². The molecule has 1 fully saturated rings. The molecule has 1 aromatic rings. The van der Waals surface area contributed by atoms with E-state index in [9.17, 15) is 12.8 Å². The van der Waals surface area contributed by atoms with Gasteiger partial charge in [-0.05, 0) is 30.5 Å². The van der Waals surface area contributed by atoms with Crippen LogP contribution in [0.3, 0.4) is 0 Å². The van der Waals surface area contributed by atoms with E-state index in [1.807, 2.05) is 0 Å². The maximum absolute atomic E-state index is 13.9. The monoisotopic (exact) mass is 332 g/mol. The van der Waals surface area contributed by atoms with Crippen LogP contribution in [0, 0.1) is 5.82 Å². The Kier molecular flexibility index (Phi) is 5.03. The van der Waals surface area contributed by atoms with Gasteiger partial charge in [-0.15, -0.1) is 6.58 Å². The van der Waals surface area contributed by atoms with Crippen LogP contribution in [-0.4, -0.2) is 32.4 Å². The van der Waals surface area contributed by atoms with Gasteiger partial charge in [-0.2, -0.15) is 4.31 Å². The summed E-state index contributed by atoms with van der Waals surface area (Å²) < 4.78 is 39.7. The topological polar surface area (TPSA) is 49.4 Å². The van der Waals surface area contributed by atoms with Crippen LogP contribution in [0.1, 0.15) is 18.4 Å². The molecule has 1 aliphatic carbocycles. The Morgan fingerprint density at radius 3 is 2.76 bits per heavy atom. The zero-order valence-electron chi connectivity index (χ0n) is 11.8. The number of nitrogens with zero attached hydrogens (tertiary/aromatic N) is 1. The quantitative estimate of drug-likeness (QED) is 0.781. The Balaban J connectivity index is 2.32. The lowest BCUT2D eigenvalue weighted by Crippen LogP contribution is -2.27. The van der Waals surface area contributed by atoms with Gasteiger partial charge in [0.15, 0.2) is 0 Å². The summed E-state index contributed by atoms with van der Waals surface area (Å²) in [4.78, 5) is -0.0960. The third-order valence-electron chi connectivity index (χ3n) is 3.33. The molecule has 0 unspecified atom stereocenters. The molecule has 0 aromatic heterocycles. The molecule has 1 saturated carbocycles. The molecule has 1 aromatic carbocycles. The summed E-state index contributed by atoms with van der Waals surface area (Å²) in [5, 5.41) is 3.16. The van der Waals surface area contributed by atoms with Gasteiger partial charge in [-0.25, -0.2) is 12.8 Å². The zero-order chi connectivity index (χ0) is 15.6. The molecule has 0 amide bonds. The van der Waals surface area contributed by atoms with Crippen LogP contribution in [0.25, 0.3) is 0 Å². The van der Waals surface area contributed by atoms with Crippen LogP contribution in [0.15, 0.2) is 29.7 Å². The highest BCUT2D eigenvalue weighted by Crippen LogP contribution is 2.27. The summed E-state index contributed by atoms with van der Waals surface area (Å²) >= 11 is 5.92. The molecular formula is C14H18ClFN2O2S. The first kappa shape index (κ1) is 16.4. The lowest BCUT2D eigenvalue weighted by molar-refractivity contribution is 0.498. The molecule has 0 atom stereocenters. The van der Waals surface area contributed by atoms with Gasteiger partial charge >= 0.3 is 0 Å². The minimum Gasteiger partial charge on any atom is -0.310 e. The van der Waals surface area contributed by atoms with Gasteiger partial charge in [-0.1, -0.05) is 17.7 Å². The Morgan fingerprint density at radius 2 is 2.19 bits per heavy atom. The van der Waals surface area contributed by atoms with E-state index >= 15 is 0 Å². The van der Waals surface area contributed by atoms with Gasteiger partial charge in [0.05, 0.1) is 9.92 Å². The SMILES string of the molecule is C=CCN(C)S(=O)(=O)c1cc(F)c(Cl)c(CNC2CC2)c1. The van der Waals surface area contributed by atoms with E-state index in [-0.39, 0.29) is 16.5 Å². The van der Waals surface area contributed by atoms with Gasteiger partial charge < -0.3 is 5.32 Å². The smallest absolute Gasteiger partial charge is 0.243 e. The van der Waals surface area contributed by atoms with Crippen molar-refractivity contribution in [1.82, 2.24) is 9.62 Å². The van der Waals surface area contributed by atoms with E-state index < -0.39 is 15.8 Å². The van der Waals surface area contributed by atoms with E-state index in [1.54, 1.807) is 0 Å².